The third-order valence-corrected chi connectivity index (χ3v) is 7.11. The summed E-state index contributed by atoms with van der Waals surface area (Å²) in [5.41, 5.74) is 1.58. The summed E-state index contributed by atoms with van der Waals surface area (Å²) < 4.78 is 0. The Morgan fingerprint density at radius 1 is 1.11 bits per heavy atom. The molecule has 1 aromatic rings. The molecular weight excluding hydrogens is 350 g/mol. The molecule has 3 aliphatic rings. The van der Waals surface area contributed by atoms with Gasteiger partial charge in [0.1, 0.15) is 5.82 Å². The Morgan fingerprint density at radius 3 is 2.25 bits per heavy atom. The van der Waals surface area contributed by atoms with Crippen molar-refractivity contribution in [2.24, 2.45) is 11.3 Å². The lowest BCUT2D eigenvalue weighted by Gasteiger charge is -2.62. The van der Waals surface area contributed by atoms with Crippen LogP contribution in [0.5, 0.6) is 0 Å². The summed E-state index contributed by atoms with van der Waals surface area (Å²) in [5.74, 6) is 1.83. The summed E-state index contributed by atoms with van der Waals surface area (Å²) >= 11 is 0. The molecule has 6 heteroatoms. The second-order valence-corrected chi connectivity index (χ2v) is 9.54. The molecule has 1 saturated carbocycles. The number of amides is 1. The molecular formula is C22H35N5O. The molecule has 1 amide bonds. The summed E-state index contributed by atoms with van der Waals surface area (Å²) in [6, 6.07) is 0.711. The van der Waals surface area contributed by atoms with Crippen LogP contribution in [0.2, 0.25) is 0 Å². The third kappa shape index (κ3) is 3.63. The van der Waals surface area contributed by atoms with Gasteiger partial charge in [0.15, 0.2) is 0 Å². The topological polar surface area (TPSA) is 52.6 Å². The van der Waals surface area contributed by atoms with Crippen molar-refractivity contribution in [1.82, 2.24) is 19.8 Å². The maximum Gasteiger partial charge on any atom is 0.225 e. The largest absolute Gasteiger partial charge is 0.366 e. The lowest BCUT2D eigenvalue weighted by atomic mass is 9.60. The van der Waals surface area contributed by atoms with E-state index in [1.54, 1.807) is 0 Å². The summed E-state index contributed by atoms with van der Waals surface area (Å²) in [4.78, 5) is 28.5. The Hall–Kier alpha value is -1.69. The van der Waals surface area contributed by atoms with Gasteiger partial charge in [0.25, 0.3) is 0 Å². The average Bonchev–Trinajstić information content (AvgIpc) is 2.65. The van der Waals surface area contributed by atoms with E-state index >= 15 is 0 Å². The van der Waals surface area contributed by atoms with Gasteiger partial charge in [-0.1, -0.05) is 27.7 Å². The van der Waals surface area contributed by atoms with E-state index < -0.39 is 0 Å². The van der Waals surface area contributed by atoms with Gasteiger partial charge in [-0.25, -0.2) is 9.97 Å². The first kappa shape index (κ1) is 19.6. The number of carbonyl (C=O) groups excluding carboxylic acids is 1. The number of likely N-dealkylation sites (tertiary alicyclic amines) is 1. The van der Waals surface area contributed by atoms with Gasteiger partial charge in [-0.05, 0) is 19.3 Å². The fraction of sp³-hybridized carbons (Fsp3) is 0.773. The van der Waals surface area contributed by atoms with Gasteiger partial charge in [0.2, 0.25) is 5.91 Å². The molecule has 0 N–H and O–H groups in total. The quantitative estimate of drug-likeness (QED) is 0.780. The molecule has 28 heavy (non-hydrogen) atoms. The van der Waals surface area contributed by atoms with Crippen molar-refractivity contribution in [1.29, 1.82) is 0 Å². The van der Waals surface area contributed by atoms with Crippen LogP contribution in [0.1, 0.15) is 58.7 Å². The molecule has 3 fully saturated rings. The molecule has 4 rings (SSSR count). The minimum absolute atomic E-state index is 0.180. The van der Waals surface area contributed by atoms with Crippen molar-refractivity contribution in [2.45, 2.75) is 58.9 Å². The molecule has 1 spiro atoms. The predicted octanol–water partition coefficient (Wildman–Crippen LogP) is 2.76. The fourth-order valence-corrected chi connectivity index (χ4v) is 5.00. The lowest BCUT2D eigenvalue weighted by molar-refractivity contribution is -0.161. The van der Waals surface area contributed by atoms with Crippen LogP contribution in [0.15, 0.2) is 12.4 Å². The number of hydrogen-bond acceptors (Lipinski definition) is 5. The Morgan fingerprint density at radius 2 is 1.71 bits per heavy atom. The summed E-state index contributed by atoms with van der Waals surface area (Å²) in [5, 5.41) is 0. The number of rotatable bonds is 5. The zero-order valence-corrected chi connectivity index (χ0v) is 17.9. The monoisotopic (exact) mass is 385 g/mol. The fourth-order valence-electron chi connectivity index (χ4n) is 5.00. The number of anilines is 1. The lowest BCUT2D eigenvalue weighted by Crippen LogP contribution is -2.69. The Bertz CT molecular complexity index is 681. The molecule has 2 aliphatic heterocycles. The number of piperazine rings is 1. The van der Waals surface area contributed by atoms with Gasteiger partial charge >= 0.3 is 0 Å². The molecule has 1 aliphatic carbocycles. The average molecular weight is 386 g/mol. The van der Waals surface area contributed by atoms with E-state index in [4.69, 9.17) is 0 Å². The van der Waals surface area contributed by atoms with E-state index in [-0.39, 0.29) is 5.92 Å². The SMILES string of the molecule is CCC(C)C(=O)N1CC2(CC(N3CCN(c4cnc(C(C)C)nc4)CC3)C2)C1. The normalized spacial score (nSPS) is 23.6. The molecule has 2 saturated heterocycles. The number of hydrogen-bond donors (Lipinski definition) is 0. The van der Waals surface area contributed by atoms with Crippen LogP contribution >= 0.6 is 0 Å². The van der Waals surface area contributed by atoms with Crippen LogP contribution in [0, 0.1) is 11.3 Å². The van der Waals surface area contributed by atoms with Crippen LogP contribution in [0.25, 0.3) is 0 Å². The first-order chi connectivity index (χ1) is 13.4. The third-order valence-electron chi connectivity index (χ3n) is 7.11. The molecule has 0 aromatic carbocycles. The maximum absolute atomic E-state index is 12.3. The van der Waals surface area contributed by atoms with E-state index in [2.05, 4.69) is 52.4 Å². The molecule has 3 heterocycles. The predicted molar refractivity (Wildman–Crippen MR) is 111 cm³/mol. The molecule has 154 valence electrons. The number of carbonyl (C=O) groups is 1. The number of aromatic nitrogens is 2. The van der Waals surface area contributed by atoms with Gasteiger partial charge in [0, 0.05) is 62.6 Å². The van der Waals surface area contributed by atoms with E-state index in [1.807, 2.05) is 12.4 Å². The van der Waals surface area contributed by atoms with Crippen molar-refractivity contribution in [3.63, 3.8) is 0 Å². The smallest absolute Gasteiger partial charge is 0.225 e. The van der Waals surface area contributed by atoms with E-state index in [1.165, 1.54) is 12.8 Å². The minimum atomic E-state index is 0.180. The minimum Gasteiger partial charge on any atom is -0.366 e. The summed E-state index contributed by atoms with van der Waals surface area (Å²) in [6.07, 6.45) is 7.44. The Kier molecular flexibility index (Phi) is 5.34. The standard InChI is InChI=1S/C22H35N5O/c1-5-17(4)21(28)27-14-22(15-27)10-18(11-22)25-6-8-26(9-7-25)19-12-23-20(16(2)3)24-13-19/h12-13,16-18H,5-11,14-15H2,1-4H3. The summed E-state index contributed by atoms with van der Waals surface area (Å²) in [7, 11) is 0. The van der Waals surface area contributed by atoms with Crippen LogP contribution in [-0.4, -0.2) is 71.0 Å². The number of nitrogens with zero attached hydrogens (tertiary/aromatic N) is 5. The van der Waals surface area contributed by atoms with Crippen LogP contribution in [-0.2, 0) is 4.79 Å². The van der Waals surface area contributed by atoms with Gasteiger partial charge in [0.05, 0.1) is 18.1 Å². The second-order valence-electron chi connectivity index (χ2n) is 9.54. The van der Waals surface area contributed by atoms with E-state index in [0.717, 1.165) is 57.2 Å². The van der Waals surface area contributed by atoms with Gasteiger partial charge in [-0.2, -0.15) is 0 Å². The molecule has 6 nitrogen and oxygen atoms in total. The highest BCUT2D eigenvalue weighted by atomic mass is 16.2. The second kappa shape index (κ2) is 7.62. The highest BCUT2D eigenvalue weighted by Gasteiger charge is 2.55. The van der Waals surface area contributed by atoms with Crippen LogP contribution in [0.3, 0.4) is 0 Å². The van der Waals surface area contributed by atoms with Crippen molar-refractivity contribution >= 4 is 11.6 Å². The van der Waals surface area contributed by atoms with Crippen LogP contribution < -0.4 is 4.90 Å². The maximum atomic E-state index is 12.3. The van der Waals surface area contributed by atoms with Crippen molar-refractivity contribution < 1.29 is 4.79 Å². The zero-order chi connectivity index (χ0) is 19.9. The Balaban J connectivity index is 1.22. The van der Waals surface area contributed by atoms with E-state index in [9.17, 15) is 4.79 Å². The summed E-state index contributed by atoms with van der Waals surface area (Å²) in [6.45, 7) is 14.7. The van der Waals surface area contributed by atoms with Crippen molar-refractivity contribution in [2.75, 3.05) is 44.2 Å². The van der Waals surface area contributed by atoms with Gasteiger partial charge in [-0.15, -0.1) is 0 Å². The van der Waals surface area contributed by atoms with Gasteiger partial charge < -0.3 is 9.80 Å². The zero-order valence-electron chi connectivity index (χ0n) is 17.9. The van der Waals surface area contributed by atoms with Crippen LogP contribution in [0.4, 0.5) is 5.69 Å². The van der Waals surface area contributed by atoms with Crippen molar-refractivity contribution in [3.8, 4) is 0 Å². The van der Waals surface area contributed by atoms with E-state index in [0.29, 0.717) is 23.3 Å². The molecule has 0 radical (unpaired) electrons. The molecule has 1 aromatic heterocycles. The van der Waals surface area contributed by atoms with Gasteiger partial charge in [-0.3, -0.25) is 9.69 Å². The molecule has 0 bridgehead atoms. The first-order valence-corrected chi connectivity index (χ1v) is 11.0. The Labute approximate surface area is 169 Å². The molecule has 1 unspecified atom stereocenters. The molecule has 1 atom stereocenters. The first-order valence-electron chi connectivity index (χ1n) is 11.0. The highest BCUT2D eigenvalue weighted by Crippen LogP contribution is 2.50. The highest BCUT2D eigenvalue weighted by molar-refractivity contribution is 5.79. The van der Waals surface area contributed by atoms with Crippen molar-refractivity contribution in [3.05, 3.63) is 18.2 Å².